The lowest BCUT2D eigenvalue weighted by molar-refractivity contribution is 0.102. The maximum Gasteiger partial charge on any atom is 0.259 e. The molecule has 0 heterocycles. The maximum absolute atomic E-state index is 12.0. The number of benzene rings is 2. The zero-order valence-electron chi connectivity index (χ0n) is 9.15. The van der Waals surface area contributed by atoms with E-state index in [-0.39, 0.29) is 11.3 Å². The van der Waals surface area contributed by atoms with E-state index in [4.69, 9.17) is 11.6 Å². The molecule has 2 N–H and O–H groups in total. The number of aromatic hydroxyl groups is 1. The minimum atomic E-state index is -0.415. The topological polar surface area (TPSA) is 49.3 Å². The van der Waals surface area contributed by atoms with E-state index in [9.17, 15) is 9.90 Å². The van der Waals surface area contributed by atoms with Crippen LogP contribution in [0.2, 0.25) is 5.02 Å². The molecule has 0 aromatic heterocycles. The summed E-state index contributed by atoms with van der Waals surface area (Å²) >= 11 is 9.12. The van der Waals surface area contributed by atoms with E-state index < -0.39 is 5.91 Å². The average molecular weight is 327 g/mol. The molecule has 0 aliphatic rings. The van der Waals surface area contributed by atoms with E-state index >= 15 is 0 Å². The molecule has 0 spiro atoms. The quantitative estimate of drug-likeness (QED) is 0.874. The number of carbonyl (C=O) groups is 1. The molecular weight excluding hydrogens is 318 g/mol. The molecule has 5 heteroatoms. The summed E-state index contributed by atoms with van der Waals surface area (Å²) in [6.07, 6.45) is 0. The van der Waals surface area contributed by atoms with Crippen LogP contribution in [0.5, 0.6) is 5.75 Å². The fourth-order valence-corrected chi connectivity index (χ4v) is 2.00. The number of hydrogen-bond acceptors (Lipinski definition) is 2. The van der Waals surface area contributed by atoms with Gasteiger partial charge in [0.1, 0.15) is 5.75 Å². The Kier molecular flexibility index (Phi) is 3.89. The van der Waals surface area contributed by atoms with Crippen LogP contribution in [0.25, 0.3) is 0 Å². The average Bonchev–Trinajstić information content (AvgIpc) is 2.35. The van der Waals surface area contributed by atoms with Crippen LogP contribution < -0.4 is 5.32 Å². The lowest BCUT2D eigenvalue weighted by atomic mass is 10.2. The number of rotatable bonds is 2. The van der Waals surface area contributed by atoms with Crippen molar-refractivity contribution >= 4 is 39.1 Å². The number of phenols is 1. The van der Waals surface area contributed by atoms with Gasteiger partial charge in [0.25, 0.3) is 5.91 Å². The number of amides is 1. The molecule has 0 unspecified atom stereocenters. The predicted molar refractivity (Wildman–Crippen MR) is 75.2 cm³/mol. The molecule has 2 aromatic carbocycles. The van der Waals surface area contributed by atoms with Crippen molar-refractivity contribution in [3.63, 3.8) is 0 Å². The standard InChI is InChI=1S/C13H9BrClNO2/c14-10-3-1-2-4-11(10)16-13(18)9-7-8(15)5-6-12(9)17/h1-7,17H,(H,16,18). The summed E-state index contributed by atoms with van der Waals surface area (Å²) < 4.78 is 0.764. The predicted octanol–water partition coefficient (Wildman–Crippen LogP) is 4.06. The van der Waals surface area contributed by atoms with Crippen molar-refractivity contribution < 1.29 is 9.90 Å². The molecule has 0 saturated carbocycles. The van der Waals surface area contributed by atoms with Gasteiger partial charge in [-0.15, -0.1) is 0 Å². The van der Waals surface area contributed by atoms with Crippen molar-refractivity contribution in [2.24, 2.45) is 0 Å². The first-order chi connectivity index (χ1) is 8.58. The summed E-state index contributed by atoms with van der Waals surface area (Å²) in [6, 6.07) is 11.5. The second-order valence-corrected chi connectivity index (χ2v) is 4.89. The van der Waals surface area contributed by atoms with Crippen molar-refractivity contribution in [1.29, 1.82) is 0 Å². The zero-order valence-corrected chi connectivity index (χ0v) is 11.5. The van der Waals surface area contributed by atoms with E-state index in [1.54, 1.807) is 12.1 Å². The van der Waals surface area contributed by atoms with Crippen LogP contribution in [-0.4, -0.2) is 11.0 Å². The highest BCUT2D eigenvalue weighted by Crippen LogP contribution is 2.25. The highest BCUT2D eigenvalue weighted by Gasteiger charge is 2.12. The molecule has 92 valence electrons. The van der Waals surface area contributed by atoms with E-state index in [1.165, 1.54) is 18.2 Å². The second-order valence-electron chi connectivity index (χ2n) is 3.60. The van der Waals surface area contributed by atoms with E-state index in [0.29, 0.717) is 10.7 Å². The molecule has 0 fully saturated rings. The Bertz CT molecular complexity index is 601. The highest BCUT2D eigenvalue weighted by atomic mass is 79.9. The molecular formula is C13H9BrClNO2. The van der Waals surface area contributed by atoms with Crippen LogP contribution in [0.15, 0.2) is 46.9 Å². The Morgan fingerprint density at radius 3 is 2.67 bits per heavy atom. The Hall–Kier alpha value is -1.52. The van der Waals surface area contributed by atoms with Gasteiger partial charge in [-0.3, -0.25) is 4.79 Å². The third-order valence-electron chi connectivity index (χ3n) is 2.33. The van der Waals surface area contributed by atoms with Gasteiger partial charge in [0, 0.05) is 9.50 Å². The molecule has 0 aliphatic carbocycles. The molecule has 0 aliphatic heterocycles. The number of hydrogen-bond donors (Lipinski definition) is 2. The van der Waals surface area contributed by atoms with Gasteiger partial charge in [-0.05, 0) is 46.3 Å². The van der Waals surface area contributed by atoms with E-state index in [2.05, 4.69) is 21.2 Å². The Balaban J connectivity index is 2.28. The molecule has 2 rings (SSSR count). The largest absolute Gasteiger partial charge is 0.507 e. The van der Waals surface area contributed by atoms with Gasteiger partial charge in [-0.1, -0.05) is 23.7 Å². The lowest BCUT2D eigenvalue weighted by Gasteiger charge is -2.08. The van der Waals surface area contributed by atoms with Crippen LogP contribution in [0.4, 0.5) is 5.69 Å². The fourth-order valence-electron chi connectivity index (χ4n) is 1.44. The van der Waals surface area contributed by atoms with E-state index in [1.807, 2.05) is 12.1 Å². The summed E-state index contributed by atoms with van der Waals surface area (Å²) in [7, 11) is 0. The second kappa shape index (κ2) is 5.42. The van der Waals surface area contributed by atoms with Crippen molar-refractivity contribution in [2.45, 2.75) is 0 Å². The first-order valence-corrected chi connectivity index (χ1v) is 6.29. The minimum Gasteiger partial charge on any atom is -0.507 e. The Morgan fingerprint density at radius 1 is 1.22 bits per heavy atom. The Morgan fingerprint density at radius 2 is 1.94 bits per heavy atom. The van der Waals surface area contributed by atoms with E-state index in [0.717, 1.165) is 4.47 Å². The minimum absolute atomic E-state index is 0.107. The summed E-state index contributed by atoms with van der Waals surface area (Å²) in [5.74, 6) is -0.522. The molecule has 3 nitrogen and oxygen atoms in total. The van der Waals surface area contributed by atoms with Gasteiger partial charge >= 0.3 is 0 Å². The zero-order chi connectivity index (χ0) is 13.1. The van der Waals surface area contributed by atoms with Gasteiger partial charge in [0.05, 0.1) is 11.3 Å². The van der Waals surface area contributed by atoms with Crippen LogP contribution in [0, 0.1) is 0 Å². The van der Waals surface area contributed by atoms with Gasteiger partial charge in [-0.2, -0.15) is 0 Å². The molecule has 1 amide bonds. The smallest absolute Gasteiger partial charge is 0.259 e. The molecule has 18 heavy (non-hydrogen) atoms. The maximum atomic E-state index is 12.0. The van der Waals surface area contributed by atoms with Gasteiger partial charge in [0.2, 0.25) is 0 Å². The van der Waals surface area contributed by atoms with Crippen LogP contribution in [-0.2, 0) is 0 Å². The number of carbonyl (C=O) groups excluding carboxylic acids is 1. The third-order valence-corrected chi connectivity index (χ3v) is 3.25. The van der Waals surface area contributed by atoms with Gasteiger partial charge in [0.15, 0.2) is 0 Å². The summed E-state index contributed by atoms with van der Waals surface area (Å²) in [5.41, 5.74) is 0.764. The molecule has 0 atom stereocenters. The summed E-state index contributed by atoms with van der Waals surface area (Å²) in [6.45, 7) is 0. The van der Waals surface area contributed by atoms with Crippen molar-refractivity contribution in [3.05, 3.63) is 57.5 Å². The molecule has 0 saturated heterocycles. The van der Waals surface area contributed by atoms with Crippen LogP contribution >= 0.6 is 27.5 Å². The fraction of sp³-hybridized carbons (Fsp3) is 0. The Labute approximate surface area is 118 Å². The number of anilines is 1. The number of nitrogens with one attached hydrogen (secondary N) is 1. The number of para-hydroxylation sites is 1. The summed E-state index contributed by atoms with van der Waals surface area (Å²) in [5, 5.41) is 12.7. The normalized spacial score (nSPS) is 10.1. The monoisotopic (exact) mass is 325 g/mol. The van der Waals surface area contributed by atoms with Crippen molar-refractivity contribution in [1.82, 2.24) is 0 Å². The van der Waals surface area contributed by atoms with Gasteiger partial charge < -0.3 is 10.4 Å². The number of halogens is 2. The highest BCUT2D eigenvalue weighted by molar-refractivity contribution is 9.10. The van der Waals surface area contributed by atoms with Gasteiger partial charge in [-0.25, -0.2) is 0 Å². The summed E-state index contributed by atoms with van der Waals surface area (Å²) in [4.78, 5) is 12.0. The molecule has 2 aromatic rings. The number of phenolic OH excluding ortho intramolecular Hbond substituents is 1. The van der Waals surface area contributed by atoms with Crippen LogP contribution in [0.1, 0.15) is 10.4 Å². The lowest BCUT2D eigenvalue weighted by Crippen LogP contribution is -2.12. The van der Waals surface area contributed by atoms with Crippen molar-refractivity contribution in [2.75, 3.05) is 5.32 Å². The molecule has 0 radical (unpaired) electrons. The third kappa shape index (κ3) is 2.83. The SMILES string of the molecule is O=C(Nc1ccccc1Br)c1cc(Cl)ccc1O. The molecule has 0 bridgehead atoms. The van der Waals surface area contributed by atoms with Crippen LogP contribution in [0.3, 0.4) is 0 Å². The first-order valence-electron chi connectivity index (χ1n) is 5.12. The first kappa shape index (κ1) is 12.9. The van der Waals surface area contributed by atoms with Crippen molar-refractivity contribution in [3.8, 4) is 5.75 Å².